The molecule has 0 N–H and O–H groups in total. The van der Waals surface area contributed by atoms with E-state index < -0.39 is 0 Å². The van der Waals surface area contributed by atoms with E-state index in [4.69, 9.17) is 4.74 Å². The number of aromatic nitrogens is 2. The lowest BCUT2D eigenvalue weighted by Crippen LogP contribution is -2.46. The summed E-state index contributed by atoms with van der Waals surface area (Å²) in [6.45, 7) is 5.89. The second kappa shape index (κ2) is 6.19. The van der Waals surface area contributed by atoms with Gasteiger partial charge < -0.3 is 9.30 Å². The fourth-order valence-electron chi connectivity index (χ4n) is 2.83. The van der Waals surface area contributed by atoms with Crippen LogP contribution in [0.15, 0.2) is 12.4 Å². The highest BCUT2D eigenvalue weighted by Gasteiger charge is 2.29. The maximum atomic E-state index is 11.6. The molecule has 0 amide bonds. The summed E-state index contributed by atoms with van der Waals surface area (Å²) >= 11 is 0. The lowest BCUT2D eigenvalue weighted by Gasteiger charge is -2.36. The molecule has 5 nitrogen and oxygen atoms in total. The number of carbonyl (C=O) groups is 1. The molecule has 2 atom stereocenters. The second-order valence-electron chi connectivity index (χ2n) is 5.09. The van der Waals surface area contributed by atoms with Crippen molar-refractivity contribution >= 4 is 5.97 Å². The fraction of sp³-hybridized carbons (Fsp3) is 0.714. The van der Waals surface area contributed by atoms with Gasteiger partial charge in [0.25, 0.3) is 0 Å². The molecule has 2 heterocycles. The molecular weight excluding hydrogens is 242 g/mol. The van der Waals surface area contributed by atoms with Crippen molar-refractivity contribution in [2.75, 3.05) is 20.2 Å². The second-order valence-corrected chi connectivity index (χ2v) is 5.09. The first-order valence-electron chi connectivity index (χ1n) is 7.01. The molecule has 1 saturated heterocycles. The van der Waals surface area contributed by atoms with Crippen molar-refractivity contribution in [3.63, 3.8) is 0 Å². The van der Waals surface area contributed by atoms with Crippen LogP contribution in [-0.2, 0) is 16.0 Å². The number of likely N-dealkylation sites (tertiary alicyclic amines) is 1. The van der Waals surface area contributed by atoms with Gasteiger partial charge in [-0.3, -0.25) is 9.69 Å². The molecule has 19 heavy (non-hydrogen) atoms. The molecule has 5 heteroatoms. The van der Waals surface area contributed by atoms with E-state index >= 15 is 0 Å². The topological polar surface area (TPSA) is 47.4 Å². The number of esters is 1. The normalized spacial score (nSPS) is 22.2. The van der Waals surface area contributed by atoms with E-state index in [1.54, 1.807) is 0 Å². The Hall–Kier alpha value is -1.36. The lowest BCUT2D eigenvalue weighted by atomic mass is 10.0. The van der Waals surface area contributed by atoms with Gasteiger partial charge in [0.1, 0.15) is 11.9 Å². The van der Waals surface area contributed by atoms with Crippen LogP contribution in [0.2, 0.25) is 0 Å². The van der Waals surface area contributed by atoms with Gasteiger partial charge in [-0.05, 0) is 26.3 Å². The Kier molecular flexibility index (Phi) is 4.58. The van der Waals surface area contributed by atoms with E-state index in [2.05, 4.69) is 27.6 Å². The van der Waals surface area contributed by atoms with Gasteiger partial charge in [-0.25, -0.2) is 4.98 Å². The predicted octanol–water partition coefficient (Wildman–Crippen LogP) is 1.64. The lowest BCUT2D eigenvalue weighted by molar-refractivity contribution is -0.146. The number of piperidine rings is 1. The summed E-state index contributed by atoms with van der Waals surface area (Å²) in [7, 11) is 1.45. The number of hydrogen-bond acceptors (Lipinski definition) is 4. The minimum Gasteiger partial charge on any atom is -0.468 e. The minimum absolute atomic E-state index is 0.151. The summed E-state index contributed by atoms with van der Waals surface area (Å²) < 4.78 is 7.10. The fourth-order valence-corrected chi connectivity index (χ4v) is 2.83. The molecule has 0 aliphatic carbocycles. The Morgan fingerprint density at radius 3 is 3.11 bits per heavy atom. The maximum absolute atomic E-state index is 11.6. The number of nitrogens with zero attached hydrogens (tertiary/aromatic N) is 3. The number of rotatable bonds is 4. The number of imidazole rings is 1. The van der Waals surface area contributed by atoms with E-state index in [9.17, 15) is 4.79 Å². The van der Waals surface area contributed by atoms with Crippen LogP contribution in [0.3, 0.4) is 0 Å². The summed E-state index contributed by atoms with van der Waals surface area (Å²) in [6.07, 6.45) is 7.11. The molecule has 0 unspecified atom stereocenters. The minimum atomic E-state index is -0.165. The standard InChI is InChI=1S/C14H23N3O2/c1-4-13-15-7-9-17(13)12-6-5-8-16(10-12)11(2)14(18)19-3/h7,9,11-12H,4-6,8,10H2,1-3H3/t11-,12+/m1/s1. The molecule has 2 rings (SSSR count). The van der Waals surface area contributed by atoms with Crippen molar-refractivity contribution in [1.29, 1.82) is 0 Å². The van der Waals surface area contributed by atoms with Crippen LogP contribution < -0.4 is 0 Å². The number of methoxy groups -OCH3 is 1. The van der Waals surface area contributed by atoms with Crippen molar-refractivity contribution in [1.82, 2.24) is 14.5 Å². The van der Waals surface area contributed by atoms with E-state index in [0.717, 1.165) is 38.2 Å². The molecule has 1 aromatic rings. The third-order valence-electron chi connectivity index (χ3n) is 3.98. The molecule has 0 bridgehead atoms. The summed E-state index contributed by atoms with van der Waals surface area (Å²) in [6, 6.07) is 0.250. The Labute approximate surface area is 114 Å². The van der Waals surface area contributed by atoms with Crippen molar-refractivity contribution in [2.45, 2.75) is 45.2 Å². The predicted molar refractivity (Wildman–Crippen MR) is 72.9 cm³/mol. The first-order chi connectivity index (χ1) is 9.17. The molecule has 1 fully saturated rings. The van der Waals surface area contributed by atoms with E-state index in [1.165, 1.54) is 7.11 Å². The van der Waals surface area contributed by atoms with Gasteiger partial charge in [0.05, 0.1) is 7.11 Å². The molecule has 0 aromatic carbocycles. The van der Waals surface area contributed by atoms with Gasteiger partial charge in [-0.15, -0.1) is 0 Å². The van der Waals surface area contributed by atoms with Crippen molar-refractivity contribution in [2.24, 2.45) is 0 Å². The van der Waals surface area contributed by atoms with Crippen molar-refractivity contribution in [3.8, 4) is 0 Å². The van der Waals surface area contributed by atoms with Crippen LogP contribution >= 0.6 is 0 Å². The monoisotopic (exact) mass is 265 g/mol. The molecule has 1 aromatic heterocycles. The molecule has 106 valence electrons. The highest BCUT2D eigenvalue weighted by molar-refractivity contribution is 5.75. The van der Waals surface area contributed by atoms with E-state index in [-0.39, 0.29) is 12.0 Å². The molecule has 0 saturated carbocycles. The van der Waals surface area contributed by atoms with Gasteiger partial charge in [0.2, 0.25) is 0 Å². The van der Waals surface area contributed by atoms with Gasteiger partial charge in [0, 0.05) is 31.4 Å². The highest BCUT2D eigenvalue weighted by Crippen LogP contribution is 2.24. The first-order valence-corrected chi connectivity index (χ1v) is 7.01. The van der Waals surface area contributed by atoms with Crippen LogP contribution in [0.1, 0.15) is 38.6 Å². The largest absolute Gasteiger partial charge is 0.468 e. The summed E-state index contributed by atoms with van der Waals surface area (Å²) in [5, 5.41) is 0. The van der Waals surface area contributed by atoms with Crippen LogP contribution in [0, 0.1) is 0 Å². The number of ether oxygens (including phenoxy) is 1. The molecule has 1 aliphatic heterocycles. The zero-order valence-electron chi connectivity index (χ0n) is 12.0. The van der Waals surface area contributed by atoms with E-state index in [1.807, 2.05) is 13.1 Å². The number of aryl methyl sites for hydroxylation is 1. The smallest absolute Gasteiger partial charge is 0.322 e. The van der Waals surface area contributed by atoms with Crippen LogP contribution in [0.5, 0.6) is 0 Å². The first kappa shape index (κ1) is 14.1. The number of hydrogen-bond donors (Lipinski definition) is 0. The van der Waals surface area contributed by atoms with Crippen molar-refractivity contribution < 1.29 is 9.53 Å². The third-order valence-corrected chi connectivity index (χ3v) is 3.98. The van der Waals surface area contributed by atoms with Gasteiger partial charge in [-0.1, -0.05) is 6.92 Å². The van der Waals surface area contributed by atoms with E-state index in [0.29, 0.717) is 6.04 Å². The van der Waals surface area contributed by atoms with Crippen LogP contribution in [0.25, 0.3) is 0 Å². The zero-order chi connectivity index (χ0) is 13.8. The Morgan fingerprint density at radius 2 is 2.42 bits per heavy atom. The molecule has 1 aliphatic rings. The van der Waals surface area contributed by atoms with Crippen LogP contribution in [0.4, 0.5) is 0 Å². The molecule has 0 radical (unpaired) electrons. The number of carbonyl (C=O) groups excluding carboxylic acids is 1. The Balaban J connectivity index is 2.07. The summed E-state index contributed by atoms with van der Waals surface area (Å²) in [5.41, 5.74) is 0. The Morgan fingerprint density at radius 1 is 1.63 bits per heavy atom. The maximum Gasteiger partial charge on any atom is 0.322 e. The highest BCUT2D eigenvalue weighted by atomic mass is 16.5. The van der Waals surface area contributed by atoms with Gasteiger partial charge in [-0.2, -0.15) is 0 Å². The van der Waals surface area contributed by atoms with Gasteiger partial charge in [0.15, 0.2) is 0 Å². The molecule has 0 spiro atoms. The zero-order valence-corrected chi connectivity index (χ0v) is 12.0. The van der Waals surface area contributed by atoms with Crippen molar-refractivity contribution in [3.05, 3.63) is 18.2 Å². The van der Waals surface area contributed by atoms with Crippen LogP contribution in [-0.4, -0.2) is 46.7 Å². The average molecular weight is 265 g/mol. The van der Waals surface area contributed by atoms with Gasteiger partial charge >= 0.3 is 5.97 Å². The Bertz CT molecular complexity index is 430. The summed E-state index contributed by atoms with van der Waals surface area (Å²) in [5.74, 6) is 0.972. The SMILES string of the molecule is CCc1nccn1[C@H]1CCCN([C@H](C)C(=O)OC)C1. The third kappa shape index (κ3) is 2.97. The molecular formula is C14H23N3O2. The summed E-state index contributed by atoms with van der Waals surface area (Å²) in [4.78, 5) is 18.2. The average Bonchev–Trinajstić information content (AvgIpc) is 2.94. The quantitative estimate of drug-likeness (QED) is 0.777.